The Labute approximate surface area is 109 Å². The molecular weight excluding hydrogens is 244 g/mol. The van der Waals surface area contributed by atoms with Crippen LogP contribution in [0.4, 0.5) is 5.69 Å². The van der Waals surface area contributed by atoms with E-state index in [0.29, 0.717) is 5.69 Å². The number of anilines is 1. The minimum absolute atomic E-state index is 0.103. The molecule has 0 unspecified atom stereocenters. The smallest absolute Gasteiger partial charge is 0.269 e. The molecule has 0 fully saturated rings. The predicted molar refractivity (Wildman–Crippen MR) is 68.5 cm³/mol. The number of para-hydroxylation sites is 1. The molecule has 3 rings (SSSR count). The highest BCUT2D eigenvalue weighted by atomic mass is 16.2. The summed E-state index contributed by atoms with van der Waals surface area (Å²) in [5.41, 5.74) is 2.03. The van der Waals surface area contributed by atoms with Gasteiger partial charge in [-0.2, -0.15) is 0 Å². The average molecular weight is 256 g/mol. The topological polar surface area (TPSA) is 86.9 Å². The van der Waals surface area contributed by atoms with E-state index in [1.54, 1.807) is 0 Å². The molecule has 1 aliphatic rings. The zero-order valence-corrected chi connectivity index (χ0v) is 10.0. The van der Waals surface area contributed by atoms with Crippen LogP contribution >= 0.6 is 0 Å². The van der Waals surface area contributed by atoms with Gasteiger partial charge in [0.1, 0.15) is 5.69 Å². The van der Waals surface area contributed by atoms with Crippen molar-refractivity contribution in [3.8, 4) is 0 Å². The maximum atomic E-state index is 12.0. The van der Waals surface area contributed by atoms with E-state index in [9.17, 15) is 9.59 Å². The monoisotopic (exact) mass is 256 g/mol. The number of carbonyl (C=O) groups excluding carboxylic acids is 2. The molecule has 6 heteroatoms. The molecule has 0 saturated carbocycles. The molecule has 19 heavy (non-hydrogen) atoms. The van der Waals surface area contributed by atoms with Crippen molar-refractivity contribution in [3.63, 3.8) is 0 Å². The first kappa shape index (κ1) is 11.5. The van der Waals surface area contributed by atoms with Crippen molar-refractivity contribution in [2.75, 3.05) is 5.32 Å². The van der Waals surface area contributed by atoms with Gasteiger partial charge >= 0.3 is 0 Å². The van der Waals surface area contributed by atoms with E-state index in [4.69, 9.17) is 0 Å². The number of hydrogen-bond acceptors (Lipinski definition) is 3. The Balaban J connectivity index is 1.85. The molecule has 0 spiro atoms. The third-order valence-electron chi connectivity index (χ3n) is 3.05. The number of nitrogens with one attached hydrogen (secondary N) is 3. The maximum Gasteiger partial charge on any atom is 0.269 e. The summed E-state index contributed by atoms with van der Waals surface area (Å²) in [4.78, 5) is 30.1. The van der Waals surface area contributed by atoms with Crippen molar-refractivity contribution < 1.29 is 9.59 Å². The van der Waals surface area contributed by atoms with Crippen molar-refractivity contribution in [1.82, 2.24) is 15.3 Å². The molecular formula is C13H12N4O2. The van der Waals surface area contributed by atoms with Gasteiger partial charge < -0.3 is 15.6 Å². The maximum absolute atomic E-state index is 12.0. The number of aromatic amines is 1. The molecule has 2 heterocycles. The first-order chi connectivity index (χ1) is 9.24. The summed E-state index contributed by atoms with van der Waals surface area (Å²) in [6, 6.07) is 7.12. The number of H-pyrrole nitrogens is 1. The van der Waals surface area contributed by atoms with Crippen LogP contribution < -0.4 is 10.6 Å². The van der Waals surface area contributed by atoms with Crippen molar-refractivity contribution in [1.29, 1.82) is 0 Å². The van der Waals surface area contributed by atoms with Gasteiger partial charge in [-0.25, -0.2) is 4.98 Å². The van der Waals surface area contributed by atoms with Crippen LogP contribution in [0.25, 0.3) is 0 Å². The van der Waals surface area contributed by atoms with Gasteiger partial charge in [-0.3, -0.25) is 9.59 Å². The summed E-state index contributed by atoms with van der Waals surface area (Å²) in [5, 5.41) is 5.62. The zero-order valence-electron chi connectivity index (χ0n) is 10.0. The quantitative estimate of drug-likeness (QED) is 0.755. The van der Waals surface area contributed by atoms with Gasteiger partial charge in [0.2, 0.25) is 5.91 Å². The highest BCUT2D eigenvalue weighted by Gasteiger charge is 2.26. The fourth-order valence-electron chi connectivity index (χ4n) is 2.16. The zero-order chi connectivity index (χ0) is 13.2. The molecule has 0 radical (unpaired) electrons. The minimum Gasteiger partial charge on any atom is -0.343 e. The van der Waals surface area contributed by atoms with Crippen molar-refractivity contribution in [2.45, 2.75) is 12.5 Å². The molecule has 0 aliphatic carbocycles. The predicted octanol–water partition coefficient (Wildman–Crippen LogP) is 1.22. The summed E-state index contributed by atoms with van der Waals surface area (Å²) in [5.74, 6) is -0.374. The Morgan fingerprint density at radius 1 is 1.37 bits per heavy atom. The van der Waals surface area contributed by atoms with Gasteiger partial charge in [0.15, 0.2) is 0 Å². The minimum atomic E-state index is -0.319. The average Bonchev–Trinajstić information content (AvgIpc) is 2.92. The summed E-state index contributed by atoms with van der Waals surface area (Å²) < 4.78 is 0. The van der Waals surface area contributed by atoms with E-state index in [2.05, 4.69) is 20.6 Å². The number of aromatic nitrogens is 2. The van der Waals surface area contributed by atoms with E-state index in [1.165, 1.54) is 12.5 Å². The Bertz CT molecular complexity index is 621. The van der Waals surface area contributed by atoms with E-state index in [0.717, 1.165) is 11.3 Å². The number of fused-ring (bicyclic) bond motifs is 1. The highest BCUT2D eigenvalue weighted by molar-refractivity contribution is 5.97. The fraction of sp³-hybridized carbons (Fsp3) is 0.154. The van der Waals surface area contributed by atoms with Gasteiger partial charge in [0.25, 0.3) is 5.91 Å². The van der Waals surface area contributed by atoms with Crippen LogP contribution in [-0.2, 0) is 4.79 Å². The Morgan fingerprint density at radius 2 is 2.21 bits per heavy atom. The number of benzene rings is 1. The highest BCUT2D eigenvalue weighted by Crippen LogP contribution is 2.29. The van der Waals surface area contributed by atoms with Crippen LogP contribution in [0.5, 0.6) is 0 Å². The van der Waals surface area contributed by atoms with Crippen LogP contribution in [0, 0.1) is 0 Å². The van der Waals surface area contributed by atoms with Crippen molar-refractivity contribution >= 4 is 17.5 Å². The molecule has 3 N–H and O–H groups in total. The Morgan fingerprint density at radius 3 is 3.00 bits per heavy atom. The first-order valence-electron chi connectivity index (χ1n) is 5.92. The van der Waals surface area contributed by atoms with Crippen LogP contribution in [0.1, 0.15) is 28.5 Å². The summed E-state index contributed by atoms with van der Waals surface area (Å²) in [6.07, 6.45) is 3.12. The molecule has 0 bridgehead atoms. The van der Waals surface area contributed by atoms with Gasteiger partial charge in [0, 0.05) is 5.69 Å². The largest absolute Gasteiger partial charge is 0.343 e. The molecule has 2 amide bonds. The summed E-state index contributed by atoms with van der Waals surface area (Å²) in [7, 11) is 0. The molecule has 0 saturated heterocycles. The lowest BCUT2D eigenvalue weighted by molar-refractivity contribution is -0.116. The molecule has 6 nitrogen and oxygen atoms in total. The van der Waals surface area contributed by atoms with E-state index in [1.807, 2.05) is 24.3 Å². The fourth-order valence-corrected chi connectivity index (χ4v) is 2.16. The number of nitrogens with zero attached hydrogens (tertiary/aromatic N) is 1. The second kappa shape index (κ2) is 4.56. The Kier molecular flexibility index (Phi) is 2.75. The number of imidazole rings is 1. The first-order valence-corrected chi connectivity index (χ1v) is 5.92. The van der Waals surface area contributed by atoms with Crippen LogP contribution in [0.15, 0.2) is 36.8 Å². The Hall–Kier alpha value is -2.63. The van der Waals surface area contributed by atoms with Crippen LogP contribution in [0.3, 0.4) is 0 Å². The number of amides is 2. The normalized spacial score (nSPS) is 17.5. The van der Waals surface area contributed by atoms with E-state index >= 15 is 0 Å². The standard InChI is InChI=1S/C13H12N4O2/c18-12-5-10(8-3-1-2-4-9(8)16-12)17-13(19)11-6-14-7-15-11/h1-4,6-7,10H,5H2,(H,14,15)(H,16,18)(H,17,19)/t10-/m1/s1. The SMILES string of the molecule is O=C1C[C@@H](NC(=O)c2cnc[nH]2)c2ccccc2N1. The van der Waals surface area contributed by atoms with Crippen LogP contribution in [0.2, 0.25) is 0 Å². The molecule has 2 aromatic rings. The molecule has 96 valence electrons. The van der Waals surface area contributed by atoms with Gasteiger partial charge in [-0.1, -0.05) is 18.2 Å². The molecule has 1 aromatic carbocycles. The third kappa shape index (κ3) is 2.20. The lowest BCUT2D eigenvalue weighted by Gasteiger charge is -2.26. The van der Waals surface area contributed by atoms with Crippen LogP contribution in [-0.4, -0.2) is 21.8 Å². The molecule has 1 atom stereocenters. The molecule has 1 aliphatic heterocycles. The number of carbonyl (C=O) groups is 2. The lowest BCUT2D eigenvalue weighted by atomic mass is 9.97. The van der Waals surface area contributed by atoms with E-state index < -0.39 is 0 Å². The van der Waals surface area contributed by atoms with Gasteiger partial charge in [-0.15, -0.1) is 0 Å². The second-order valence-electron chi connectivity index (χ2n) is 4.33. The van der Waals surface area contributed by atoms with Crippen molar-refractivity contribution in [2.24, 2.45) is 0 Å². The second-order valence-corrected chi connectivity index (χ2v) is 4.33. The molecule has 1 aromatic heterocycles. The summed E-state index contributed by atoms with van der Waals surface area (Å²) >= 11 is 0. The van der Waals surface area contributed by atoms with Gasteiger partial charge in [-0.05, 0) is 11.6 Å². The third-order valence-corrected chi connectivity index (χ3v) is 3.05. The number of rotatable bonds is 2. The number of hydrogen-bond donors (Lipinski definition) is 3. The van der Waals surface area contributed by atoms with Gasteiger partial charge in [0.05, 0.1) is 25.0 Å². The van der Waals surface area contributed by atoms with Crippen molar-refractivity contribution in [3.05, 3.63) is 48.0 Å². The summed E-state index contributed by atoms with van der Waals surface area (Å²) in [6.45, 7) is 0. The van der Waals surface area contributed by atoms with E-state index in [-0.39, 0.29) is 24.3 Å². The lowest BCUT2D eigenvalue weighted by Crippen LogP contribution is -2.35.